The van der Waals surface area contributed by atoms with Crippen LogP contribution in [0.3, 0.4) is 0 Å². The van der Waals surface area contributed by atoms with Gasteiger partial charge in [-0.25, -0.2) is 4.68 Å². The molecule has 0 saturated carbocycles. The molecule has 7 rings (SSSR count). The highest BCUT2D eigenvalue weighted by Crippen LogP contribution is 2.58. The number of likely N-dealkylation sites (tertiary alicyclic amines) is 1. The summed E-state index contributed by atoms with van der Waals surface area (Å²) in [5, 5.41) is 18.0. The van der Waals surface area contributed by atoms with Crippen molar-refractivity contribution in [2.45, 2.75) is 50.1 Å². The quantitative estimate of drug-likeness (QED) is 0.313. The van der Waals surface area contributed by atoms with Crippen LogP contribution in [0.15, 0.2) is 78.9 Å². The molecule has 3 aromatic rings. The Bertz CT molecular complexity index is 1650. The molecular weight excluding hydrogens is 560 g/mol. The Kier molecular flexibility index (Phi) is 7.09. The zero-order chi connectivity index (χ0) is 30.5. The van der Waals surface area contributed by atoms with E-state index in [2.05, 4.69) is 10.3 Å². The first-order valence-corrected chi connectivity index (χ1v) is 15.3. The molecule has 228 valence electrons. The SMILES string of the molecule is CC[C@]12C=CCN(c3ccccc3)C(=O)[C@H]1[C@H]1C(=O)N(CCCCO)C3C(=O)N(Cn4nnc5ccccc54)CC=C[C@@]31O2. The van der Waals surface area contributed by atoms with Gasteiger partial charge in [0.2, 0.25) is 11.8 Å². The zero-order valence-electron chi connectivity index (χ0n) is 24.7. The summed E-state index contributed by atoms with van der Waals surface area (Å²) in [6.45, 7) is 2.99. The molecule has 2 fully saturated rings. The van der Waals surface area contributed by atoms with Gasteiger partial charge in [0.25, 0.3) is 5.91 Å². The maximum absolute atomic E-state index is 14.6. The molecule has 4 aliphatic heterocycles. The summed E-state index contributed by atoms with van der Waals surface area (Å²) in [6.07, 6.45) is 9.08. The van der Waals surface area contributed by atoms with E-state index in [4.69, 9.17) is 4.74 Å². The number of hydrogen-bond donors (Lipinski definition) is 1. The Labute approximate surface area is 255 Å². The fraction of sp³-hybridized carbons (Fsp3) is 0.424. The molecule has 0 radical (unpaired) electrons. The number of fused-ring (bicyclic) bond motifs is 3. The Morgan fingerprint density at radius 2 is 1.68 bits per heavy atom. The molecule has 4 aliphatic rings. The number of aliphatic hydroxyl groups is 1. The normalized spacial score (nSPS) is 29.6. The number of carbonyl (C=O) groups is 3. The van der Waals surface area contributed by atoms with Crippen LogP contribution in [0.1, 0.15) is 26.2 Å². The summed E-state index contributed by atoms with van der Waals surface area (Å²) < 4.78 is 8.73. The van der Waals surface area contributed by atoms with Gasteiger partial charge in [-0.1, -0.05) is 66.8 Å². The summed E-state index contributed by atoms with van der Waals surface area (Å²) in [4.78, 5) is 48.7. The third-order valence-corrected chi connectivity index (χ3v) is 9.62. The number of unbranched alkanes of at least 4 members (excludes halogenated alkanes) is 1. The van der Waals surface area contributed by atoms with E-state index in [9.17, 15) is 19.5 Å². The molecule has 1 spiro atoms. The van der Waals surface area contributed by atoms with Crippen molar-refractivity contribution in [2.24, 2.45) is 11.8 Å². The smallest absolute Gasteiger partial charge is 0.250 e. The number of rotatable bonds is 8. The van der Waals surface area contributed by atoms with Crippen molar-refractivity contribution in [1.29, 1.82) is 0 Å². The second kappa shape index (κ2) is 11.0. The highest BCUT2D eigenvalue weighted by Gasteiger charge is 2.75. The van der Waals surface area contributed by atoms with Gasteiger partial charge in [-0.05, 0) is 43.5 Å². The summed E-state index contributed by atoms with van der Waals surface area (Å²) in [5.74, 6) is -2.45. The van der Waals surface area contributed by atoms with Crippen LogP contribution in [0, 0.1) is 11.8 Å². The molecule has 2 aromatic carbocycles. The first kappa shape index (κ1) is 28.4. The van der Waals surface area contributed by atoms with E-state index in [1.165, 1.54) is 0 Å². The Hall–Kier alpha value is -4.35. The number of aliphatic hydroxyl groups excluding tert-OH is 1. The van der Waals surface area contributed by atoms with Gasteiger partial charge in [-0.2, -0.15) is 0 Å². The van der Waals surface area contributed by atoms with Gasteiger partial charge in [0.05, 0.1) is 23.0 Å². The van der Waals surface area contributed by atoms with Crippen LogP contribution in [-0.4, -0.2) is 91.1 Å². The third-order valence-electron chi connectivity index (χ3n) is 9.62. The number of anilines is 1. The van der Waals surface area contributed by atoms with E-state index in [0.29, 0.717) is 25.8 Å². The van der Waals surface area contributed by atoms with E-state index in [1.54, 1.807) is 19.4 Å². The standard InChI is InChI=1S/C33H36N6O5/c1-2-32-16-10-20-37(23-12-4-3-5-13-23)29(41)26(32)27-30(42)38(19-8-9-21-40)28-31(43)36(18-11-17-33(27,28)44-32)22-39-25-15-7-6-14-24(25)34-35-39/h3-7,10-17,26-28,40H,2,8-9,18-22H2,1H3/t26-,27+,28?,32+,33+/m1/s1. The lowest BCUT2D eigenvalue weighted by molar-refractivity contribution is -0.153. The van der Waals surface area contributed by atoms with Crippen LogP contribution in [0.25, 0.3) is 11.0 Å². The van der Waals surface area contributed by atoms with Crippen LogP contribution in [0.4, 0.5) is 5.69 Å². The van der Waals surface area contributed by atoms with Crippen LogP contribution in [0.2, 0.25) is 0 Å². The van der Waals surface area contributed by atoms with Crippen molar-refractivity contribution in [1.82, 2.24) is 24.8 Å². The lowest BCUT2D eigenvalue weighted by atomic mass is 9.73. The maximum Gasteiger partial charge on any atom is 0.250 e. The van der Waals surface area contributed by atoms with Crippen molar-refractivity contribution in [3.63, 3.8) is 0 Å². The average Bonchev–Trinajstić information content (AvgIpc) is 3.58. The molecule has 5 atom stereocenters. The molecule has 44 heavy (non-hydrogen) atoms. The molecule has 11 heteroatoms. The number of amides is 3. The lowest BCUT2D eigenvalue weighted by Crippen LogP contribution is -2.56. The molecule has 11 nitrogen and oxygen atoms in total. The monoisotopic (exact) mass is 596 g/mol. The molecule has 1 aromatic heterocycles. The molecule has 1 unspecified atom stereocenters. The van der Waals surface area contributed by atoms with E-state index in [0.717, 1.165) is 16.7 Å². The lowest BCUT2D eigenvalue weighted by Gasteiger charge is -2.38. The van der Waals surface area contributed by atoms with Gasteiger partial charge in [0.1, 0.15) is 23.8 Å². The minimum atomic E-state index is -1.34. The minimum absolute atomic E-state index is 0.0198. The Balaban J connectivity index is 1.31. The van der Waals surface area contributed by atoms with Gasteiger partial charge < -0.3 is 24.5 Å². The summed E-state index contributed by atoms with van der Waals surface area (Å²) >= 11 is 0. The highest BCUT2D eigenvalue weighted by molar-refractivity contribution is 6.04. The van der Waals surface area contributed by atoms with Crippen molar-refractivity contribution < 1.29 is 24.2 Å². The summed E-state index contributed by atoms with van der Waals surface area (Å²) in [6, 6.07) is 16.0. The van der Waals surface area contributed by atoms with Gasteiger partial charge >= 0.3 is 0 Å². The Morgan fingerprint density at radius 1 is 0.909 bits per heavy atom. The largest absolute Gasteiger partial charge is 0.396 e. The maximum atomic E-state index is 14.6. The van der Waals surface area contributed by atoms with Crippen LogP contribution >= 0.6 is 0 Å². The topological polar surface area (TPSA) is 121 Å². The van der Waals surface area contributed by atoms with E-state index in [1.807, 2.05) is 85.8 Å². The van der Waals surface area contributed by atoms with Gasteiger partial charge in [0.15, 0.2) is 0 Å². The first-order chi connectivity index (χ1) is 21.4. The minimum Gasteiger partial charge on any atom is -0.396 e. The molecule has 3 amide bonds. The fourth-order valence-corrected chi connectivity index (χ4v) is 7.59. The van der Waals surface area contributed by atoms with Gasteiger partial charge in [-0.3, -0.25) is 14.4 Å². The molecule has 2 saturated heterocycles. The van der Waals surface area contributed by atoms with Crippen molar-refractivity contribution >= 4 is 34.4 Å². The van der Waals surface area contributed by atoms with E-state index in [-0.39, 0.29) is 44.1 Å². The van der Waals surface area contributed by atoms with Crippen molar-refractivity contribution in [2.75, 3.05) is 31.1 Å². The second-order valence-electron chi connectivity index (χ2n) is 12.0. The van der Waals surface area contributed by atoms with E-state index < -0.39 is 29.1 Å². The van der Waals surface area contributed by atoms with E-state index >= 15 is 0 Å². The second-order valence-corrected chi connectivity index (χ2v) is 12.0. The Morgan fingerprint density at radius 3 is 2.48 bits per heavy atom. The number of ether oxygens (including phenoxy) is 1. The first-order valence-electron chi connectivity index (χ1n) is 15.3. The van der Waals surface area contributed by atoms with Gasteiger partial charge in [-0.15, -0.1) is 5.10 Å². The molecule has 5 heterocycles. The molecule has 1 N–H and O–H groups in total. The van der Waals surface area contributed by atoms with Crippen LogP contribution in [-0.2, 0) is 25.8 Å². The summed E-state index contributed by atoms with van der Waals surface area (Å²) in [5.41, 5.74) is -0.133. The predicted molar refractivity (Wildman–Crippen MR) is 162 cm³/mol. The van der Waals surface area contributed by atoms with Gasteiger partial charge in [0, 0.05) is 31.9 Å². The predicted octanol–water partition coefficient (Wildman–Crippen LogP) is 2.52. The zero-order valence-corrected chi connectivity index (χ0v) is 24.7. The number of para-hydroxylation sites is 2. The number of benzene rings is 2. The van der Waals surface area contributed by atoms with Crippen LogP contribution < -0.4 is 4.90 Å². The number of hydrogen-bond acceptors (Lipinski definition) is 7. The number of carbonyl (C=O) groups excluding carboxylic acids is 3. The van der Waals surface area contributed by atoms with Crippen molar-refractivity contribution in [3.05, 3.63) is 78.9 Å². The molecule has 0 bridgehead atoms. The molecular formula is C33H36N6O5. The number of aromatic nitrogens is 3. The fourth-order valence-electron chi connectivity index (χ4n) is 7.59. The van der Waals surface area contributed by atoms with Crippen LogP contribution in [0.5, 0.6) is 0 Å². The molecule has 0 aliphatic carbocycles. The number of nitrogens with zero attached hydrogens (tertiary/aromatic N) is 6. The average molecular weight is 597 g/mol. The van der Waals surface area contributed by atoms with Crippen molar-refractivity contribution in [3.8, 4) is 0 Å². The summed E-state index contributed by atoms with van der Waals surface area (Å²) in [7, 11) is 0. The third kappa shape index (κ3) is 4.21. The highest BCUT2D eigenvalue weighted by atomic mass is 16.5.